The average Bonchev–Trinajstić information content (AvgIpc) is 2.93. The van der Waals surface area contributed by atoms with Crippen LogP contribution in [0.5, 0.6) is 0 Å². The van der Waals surface area contributed by atoms with Crippen LogP contribution in [0.15, 0.2) is 54.6 Å². The molecule has 1 amide bonds. The molecule has 1 heterocycles. The van der Waals surface area contributed by atoms with Gasteiger partial charge in [-0.25, -0.2) is 4.79 Å². The van der Waals surface area contributed by atoms with E-state index in [1.54, 1.807) is 11.8 Å². The molecule has 0 saturated carbocycles. The zero-order chi connectivity index (χ0) is 18.4. The van der Waals surface area contributed by atoms with Crippen LogP contribution in [0.3, 0.4) is 0 Å². The third-order valence-electron chi connectivity index (χ3n) is 4.60. The lowest BCUT2D eigenvalue weighted by atomic mass is 10.1. The van der Waals surface area contributed by atoms with Crippen LogP contribution in [0.4, 0.5) is 10.5 Å². The van der Waals surface area contributed by atoms with Crippen LogP contribution in [0, 0.1) is 0 Å². The Morgan fingerprint density at radius 1 is 0.923 bits per heavy atom. The molecule has 0 aliphatic carbocycles. The highest BCUT2D eigenvalue weighted by Crippen LogP contribution is 2.18. The molecule has 5 heteroatoms. The second-order valence-electron chi connectivity index (χ2n) is 6.47. The van der Waals surface area contributed by atoms with E-state index < -0.39 is 0 Å². The number of rotatable bonds is 4. The van der Waals surface area contributed by atoms with Gasteiger partial charge < -0.3 is 14.5 Å². The van der Waals surface area contributed by atoms with E-state index in [0.717, 1.165) is 36.3 Å². The first-order chi connectivity index (χ1) is 12.6. The van der Waals surface area contributed by atoms with Crippen molar-refractivity contribution in [3.63, 3.8) is 0 Å². The smallest absolute Gasteiger partial charge is 0.410 e. The lowest BCUT2D eigenvalue weighted by Gasteiger charge is -2.23. The molecule has 2 aromatic rings. The van der Waals surface area contributed by atoms with Crippen LogP contribution in [0.2, 0.25) is 0 Å². The van der Waals surface area contributed by atoms with E-state index in [9.17, 15) is 9.59 Å². The topological polar surface area (TPSA) is 49.9 Å². The Morgan fingerprint density at radius 2 is 1.65 bits per heavy atom. The maximum Gasteiger partial charge on any atom is 0.410 e. The Kier molecular flexibility index (Phi) is 5.89. The third-order valence-corrected chi connectivity index (χ3v) is 4.60. The van der Waals surface area contributed by atoms with Crippen molar-refractivity contribution in [2.45, 2.75) is 20.0 Å². The monoisotopic (exact) mass is 352 g/mol. The van der Waals surface area contributed by atoms with Crippen LogP contribution in [0.1, 0.15) is 29.3 Å². The normalized spacial score (nSPS) is 14.7. The Labute approximate surface area is 154 Å². The van der Waals surface area contributed by atoms with Gasteiger partial charge >= 0.3 is 6.09 Å². The van der Waals surface area contributed by atoms with Crippen LogP contribution in [-0.2, 0) is 11.3 Å². The summed E-state index contributed by atoms with van der Waals surface area (Å²) in [5.41, 5.74) is 2.78. The summed E-state index contributed by atoms with van der Waals surface area (Å²) in [6, 6.07) is 17.4. The predicted octanol–water partition coefficient (Wildman–Crippen LogP) is 3.74. The zero-order valence-electron chi connectivity index (χ0n) is 15.1. The summed E-state index contributed by atoms with van der Waals surface area (Å²) in [5.74, 6) is 0.0692. The van der Waals surface area contributed by atoms with E-state index in [4.69, 9.17) is 4.74 Å². The maximum atomic E-state index is 12.3. The summed E-state index contributed by atoms with van der Waals surface area (Å²) >= 11 is 0. The number of anilines is 1. The van der Waals surface area contributed by atoms with Gasteiger partial charge in [0.05, 0.1) is 0 Å². The van der Waals surface area contributed by atoms with Crippen molar-refractivity contribution in [1.82, 2.24) is 4.90 Å². The van der Waals surface area contributed by atoms with Crippen molar-refractivity contribution >= 4 is 17.6 Å². The van der Waals surface area contributed by atoms with Crippen LogP contribution < -0.4 is 4.90 Å². The number of benzene rings is 2. The summed E-state index contributed by atoms with van der Waals surface area (Å²) in [5, 5.41) is 0. The number of ketones is 1. The standard InChI is InChI=1S/C21H24N2O3/c1-17(24)19-8-10-20(11-9-19)22-12-5-13-23(15-14-22)21(25)26-16-18-6-3-2-4-7-18/h2-4,6-11H,5,12-16H2,1H3. The summed E-state index contributed by atoms with van der Waals surface area (Å²) in [7, 11) is 0. The van der Waals surface area contributed by atoms with Crippen molar-refractivity contribution in [1.29, 1.82) is 0 Å². The number of hydrogen-bond donors (Lipinski definition) is 0. The number of carbonyl (C=O) groups is 2. The van der Waals surface area contributed by atoms with E-state index >= 15 is 0 Å². The number of nitrogens with zero attached hydrogens (tertiary/aromatic N) is 2. The van der Waals surface area contributed by atoms with E-state index in [-0.39, 0.29) is 11.9 Å². The molecule has 2 aromatic carbocycles. The fourth-order valence-electron chi connectivity index (χ4n) is 3.08. The van der Waals surface area contributed by atoms with E-state index in [1.807, 2.05) is 54.6 Å². The van der Waals surface area contributed by atoms with Gasteiger partial charge in [0.25, 0.3) is 0 Å². The van der Waals surface area contributed by atoms with Crippen molar-refractivity contribution < 1.29 is 14.3 Å². The summed E-state index contributed by atoms with van der Waals surface area (Å²) in [4.78, 5) is 27.7. The molecule has 0 aromatic heterocycles. The van der Waals surface area contributed by atoms with Crippen LogP contribution >= 0.6 is 0 Å². The van der Waals surface area contributed by atoms with Gasteiger partial charge in [0.1, 0.15) is 6.61 Å². The molecular formula is C21H24N2O3. The van der Waals surface area contributed by atoms with Gasteiger partial charge in [-0.2, -0.15) is 0 Å². The van der Waals surface area contributed by atoms with Gasteiger partial charge in [-0.15, -0.1) is 0 Å². The fourth-order valence-corrected chi connectivity index (χ4v) is 3.08. The number of amides is 1. The molecular weight excluding hydrogens is 328 g/mol. The molecule has 0 spiro atoms. The molecule has 1 fully saturated rings. The summed E-state index contributed by atoms with van der Waals surface area (Å²) < 4.78 is 5.44. The van der Waals surface area contributed by atoms with Crippen molar-refractivity contribution in [3.8, 4) is 0 Å². The predicted molar refractivity (Wildman–Crippen MR) is 101 cm³/mol. The number of hydrogen-bond acceptors (Lipinski definition) is 4. The lowest BCUT2D eigenvalue weighted by Crippen LogP contribution is -2.35. The largest absolute Gasteiger partial charge is 0.445 e. The molecule has 1 aliphatic rings. The average molecular weight is 352 g/mol. The van der Waals surface area contributed by atoms with Gasteiger partial charge in [-0.1, -0.05) is 30.3 Å². The molecule has 3 rings (SSSR count). The highest BCUT2D eigenvalue weighted by Gasteiger charge is 2.20. The molecule has 0 N–H and O–H groups in total. The number of carbonyl (C=O) groups excluding carboxylic acids is 2. The molecule has 0 radical (unpaired) electrons. The Bertz CT molecular complexity index is 744. The molecule has 0 unspecified atom stereocenters. The highest BCUT2D eigenvalue weighted by molar-refractivity contribution is 5.94. The molecule has 5 nitrogen and oxygen atoms in total. The fraction of sp³-hybridized carbons (Fsp3) is 0.333. The van der Waals surface area contributed by atoms with Crippen molar-refractivity contribution in [2.75, 3.05) is 31.1 Å². The zero-order valence-corrected chi connectivity index (χ0v) is 15.1. The van der Waals surface area contributed by atoms with E-state index in [0.29, 0.717) is 19.7 Å². The number of ether oxygens (including phenoxy) is 1. The quantitative estimate of drug-likeness (QED) is 0.787. The minimum absolute atomic E-state index is 0.0692. The maximum absolute atomic E-state index is 12.3. The third kappa shape index (κ3) is 4.63. The minimum atomic E-state index is -0.261. The second-order valence-corrected chi connectivity index (χ2v) is 6.47. The molecule has 0 atom stereocenters. The summed E-state index contributed by atoms with van der Waals surface area (Å²) in [6.07, 6.45) is 0.622. The Morgan fingerprint density at radius 3 is 2.35 bits per heavy atom. The van der Waals surface area contributed by atoms with Gasteiger partial charge in [0, 0.05) is 37.4 Å². The number of Topliss-reactive ketones (excluding diaryl/α,β-unsaturated/α-hetero) is 1. The van der Waals surface area contributed by atoms with E-state index in [2.05, 4.69) is 4.90 Å². The Balaban J connectivity index is 1.54. The molecule has 26 heavy (non-hydrogen) atoms. The first kappa shape index (κ1) is 18.0. The molecule has 0 bridgehead atoms. The molecule has 136 valence electrons. The van der Waals surface area contributed by atoms with Gasteiger partial charge in [0.15, 0.2) is 5.78 Å². The van der Waals surface area contributed by atoms with Crippen LogP contribution in [-0.4, -0.2) is 43.0 Å². The van der Waals surface area contributed by atoms with E-state index in [1.165, 1.54) is 0 Å². The SMILES string of the molecule is CC(=O)c1ccc(N2CCCN(C(=O)OCc3ccccc3)CC2)cc1. The van der Waals surface area contributed by atoms with Gasteiger partial charge in [-0.3, -0.25) is 4.79 Å². The van der Waals surface area contributed by atoms with Crippen molar-refractivity contribution in [3.05, 3.63) is 65.7 Å². The van der Waals surface area contributed by atoms with Gasteiger partial charge in [-0.05, 0) is 43.2 Å². The molecule has 1 saturated heterocycles. The Hall–Kier alpha value is -2.82. The first-order valence-electron chi connectivity index (χ1n) is 8.95. The second kappa shape index (κ2) is 8.52. The van der Waals surface area contributed by atoms with Gasteiger partial charge in [0.2, 0.25) is 0 Å². The minimum Gasteiger partial charge on any atom is -0.445 e. The molecule has 1 aliphatic heterocycles. The lowest BCUT2D eigenvalue weighted by molar-refractivity contribution is 0.0984. The van der Waals surface area contributed by atoms with Crippen LogP contribution in [0.25, 0.3) is 0 Å². The summed E-state index contributed by atoms with van der Waals surface area (Å²) in [6.45, 7) is 4.81. The van der Waals surface area contributed by atoms with Crippen molar-refractivity contribution in [2.24, 2.45) is 0 Å². The first-order valence-corrected chi connectivity index (χ1v) is 8.95. The highest BCUT2D eigenvalue weighted by atomic mass is 16.6.